The Morgan fingerprint density at radius 1 is 0.433 bits per heavy atom. The molecule has 1 aromatic heterocycles. The average Bonchev–Trinajstić information content (AvgIpc) is 3.64. The SMILES string of the molecule is CC(C)(C)c1ccc(-c2ccc(-c3nc4c(o3)N(c3ccc(C(C)(C)C)cc3)c3cccc5c3B4c3cc(C(C)(C)C)ccc3N5c3ccc(C(C)(C)C)cc3)cc2)cc1. The van der Waals surface area contributed by atoms with Gasteiger partial charge in [0.1, 0.15) is 0 Å². The zero-order valence-electron chi connectivity index (χ0n) is 37.5. The smallest absolute Gasteiger partial charge is 0.279 e. The van der Waals surface area contributed by atoms with E-state index in [1.807, 2.05) is 0 Å². The van der Waals surface area contributed by atoms with Crippen molar-refractivity contribution in [1.29, 1.82) is 0 Å². The lowest BCUT2D eigenvalue weighted by Crippen LogP contribution is -2.61. The van der Waals surface area contributed by atoms with E-state index in [1.54, 1.807) is 0 Å². The molecule has 0 radical (unpaired) electrons. The van der Waals surface area contributed by atoms with Crippen LogP contribution in [0.3, 0.4) is 0 Å². The summed E-state index contributed by atoms with van der Waals surface area (Å²) in [6.45, 7) is 27.1. The molecule has 5 heteroatoms. The summed E-state index contributed by atoms with van der Waals surface area (Å²) in [5.41, 5.74) is 17.7. The Hall–Kier alpha value is -5.81. The van der Waals surface area contributed by atoms with Crippen LogP contribution in [-0.4, -0.2) is 11.7 Å². The van der Waals surface area contributed by atoms with Crippen LogP contribution < -0.4 is 26.3 Å². The van der Waals surface area contributed by atoms with Crippen LogP contribution in [0.1, 0.15) is 105 Å². The normalized spacial score (nSPS) is 13.9. The molecule has 7 aromatic rings. The zero-order chi connectivity index (χ0) is 42.5. The lowest BCUT2D eigenvalue weighted by molar-refractivity contribution is 0.580. The minimum Gasteiger partial charge on any atom is -0.420 e. The molecule has 0 N–H and O–H groups in total. The number of oxazole rings is 1. The Morgan fingerprint density at radius 3 is 1.35 bits per heavy atom. The molecule has 0 unspecified atom stereocenters. The number of nitrogens with zero attached hydrogens (tertiary/aromatic N) is 3. The summed E-state index contributed by atoms with van der Waals surface area (Å²) in [5.74, 6) is 1.38. The van der Waals surface area contributed by atoms with Gasteiger partial charge in [0.15, 0.2) is 0 Å². The van der Waals surface area contributed by atoms with Crippen molar-refractivity contribution >= 4 is 57.6 Å². The molecule has 0 saturated heterocycles. The first kappa shape index (κ1) is 39.6. The van der Waals surface area contributed by atoms with E-state index in [4.69, 9.17) is 9.40 Å². The van der Waals surface area contributed by atoms with Gasteiger partial charge in [0.2, 0.25) is 11.8 Å². The van der Waals surface area contributed by atoms with Crippen molar-refractivity contribution < 1.29 is 4.42 Å². The van der Waals surface area contributed by atoms with Crippen LogP contribution in [0.15, 0.2) is 138 Å². The van der Waals surface area contributed by atoms with Crippen molar-refractivity contribution in [2.45, 2.75) is 105 Å². The first-order valence-electron chi connectivity index (χ1n) is 21.6. The summed E-state index contributed by atoms with van der Waals surface area (Å²) in [7, 11) is 0. The molecule has 0 atom stereocenters. The molecule has 0 spiro atoms. The fourth-order valence-corrected chi connectivity index (χ4v) is 8.88. The van der Waals surface area contributed by atoms with Crippen molar-refractivity contribution in [1.82, 2.24) is 4.98 Å². The number of aromatic nitrogens is 1. The van der Waals surface area contributed by atoms with E-state index in [0.717, 1.165) is 39.8 Å². The minimum atomic E-state index is -0.142. The maximum Gasteiger partial charge on any atom is 0.279 e. The monoisotopic (exact) mass is 787 g/mol. The summed E-state index contributed by atoms with van der Waals surface area (Å²) in [6.07, 6.45) is 0. The second-order valence-electron chi connectivity index (χ2n) is 21.0. The molecule has 0 aliphatic carbocycles. The van der Waals surface area contributed by atoms with Crippen molar-refractivity contribution in [3.8, 4) is 22.6 Å². The molecular formula is C55H58BN3O. The third-order valence-electron chi connectivity index (χ3n) is 12.6. The fraction of sp³-hybridized carbons (Fsp3) is 0.291. The summed E-state index contributed by atoms with van der Waals surface area (Å²) in [5, 5.41) is 0. The Labute approximate surface area is 358 Å². The van der Waals surface area contributed by atoms with E-state index in [0.29, 0.717) is 5.89 Å². The highest BCUT2D eigenvalue weighted by atomic mass is 16.4. The van der Waals surface area contributed by atoms with E-state index in [2.05, 4.69) is 226 Å². The lowest BCUT2D eigenvalue weighted by Gasteiger charge is -2.42. The van der Waals surface area contributed by atoms with Crippen LogP contribution in [0.2, 0.25) is 0 Å². The molecule has 0 saturated carbocycles. The first-order chi connectivity index (χ1) is 28.3. The highest BCUT2D eigenvalue weighted by molar-refractivity contribution is 6.99. The highest BCUT2D eigenvalue weighted by Gasteiger charge is 2.47. The molecule has 3 heterocycles. The fourth-order valence-electron chi connectivity index (χ4n) is 8.88. The maximum absolute atomic E-state index is 7.08. The average molecular weight is 788 g/mol. The number of hydrogen-bond acceptors (Lipinski definition) is 4. The maximum atomic E-state index is 7.08. The lowest BCUT2D eigenvalue weighted by atomic mass is 9.35. The predicted octanol–water partition coefficient (Wildman–Crippen LogP) is 13.3. The third kappa shape index (κ3) is 6.86. The number of fused-ring (bicyclic) bond motifs is 4. The molecular weight excluding hydrogens is 729 g/mol. The summed E-state index contributed by atoms with van der Waals surface area (Å²) in [4.78, 5) is 10.3. The molecule has 9 rings (SSSR count). The van der Waals surface area contributed by atoms with Gasteiger partial charge < -0.3 is 9.32 Å². The van der Waals surface area contributed by atoms with E-state index in [1.165, 1.54) is 50.0 Å². The minimum absolute atomic E-state index is 0.0281. The first-order valence-corrected chi connectivity index (χ1v) is 21.6. The van der Waals surface area contributed by atoms with Crippen molar-refractivity contribution in [3.63, 3.8) is 0 Å². The van der Waals surface area contributed by atoms with Crippen LogP contribution >= 0.6 is 0 Å². The number of rotatable bonds is 4. The molecule has 302 valence electrons. The Bertz CT molecular complexity index is 2710. The number of anilines is 6. The van der Waals surface area contributed by atoms with Gasteiger partial charge >= 0.3 is 0 Å². The van der Waals surface area contributed by atoms with Crippen LogP contribution in [0, 0.1) is 0 Å². The van der Waals surface area contributed by atoms with Gasteiger partial charge in [0, 0.05) is 34.0 Å². The quantitative estimate of drug-likeness (QED) is 0.166. The van der Waals surface area contributed by atoms with Gasteiger partial charge in [-0.2, -0.15) is 0 Å². The van der Waals surface area contributed by atoms with Crippen molar-refractivity contribution in [2.24, 2.45) is 0 Å². The van der Waals surface area contributed by atoms with Gasteiger partial charge in [-0.3, -0.25) is 4.90 Å². The Kier molecular flexibility index (Phi) is 9.17. The topological polar surface area (TPSA) is 32.5 Å². The Morgan fingerprint density at radius 2 is 0.850 bits per heavy atom. The van der Waals surface area contributed by atoms with Crippen LogP contribution in [0.4, 0.5) is 34.3 Å². The molecule has 0 amide bonds. The number of benzene rings is 6. The van der Waals surface area contributed by atoms with Crippen molar-refractivity contribution in [3.05, 3.63) is 156 Å². The van der Waals surface area contributed by atoms with Crippen LogP contribution in [-0.2, 0) is 21.7 Å². The molecule has 2 aliphatic heterocycles. The van der Waals surface area contributed by atoms with Gasteiger partial charge in [0.05, 0.1) is 5.59 Å². The van der Waals surface area contributed by atoms with E-state index >= 15 is 0 Å². The molecule has 60 heavy (non-hydrogen) atoms. The van der Waals surface area contributed by atoms with Gasteiger partial charge in [-0.05, 0) is 121 Å². The molecule has 6 aromatic carbocycles. The van der Waals surface area contributed by atoms with Gasteiger partial charge in [-0.25, -0.2) is 4.98 Å². The van der Waals surface area contributed by atoms with Crippen molar-refractivity contribution in [2.75, 3.05) is 9.80 Å². The van der Waals surface area contributed by atoms with E-state index in [-0.39, 0.29) is 28.4 Å². The van der Waals surface area contributed by atoms with Gasteiger partial charge in [0.25, 0.3) is 6.71 Å². The van der Waals surface area contributed by atoms with Crippen LogP contribution in [0.25, 0.3) is 22.6 Å². The van der Waals surface area contributed by atoms with Gasteiger partial charge in [-0.15, -0.1) is 0 Å². The second-order valence-corrected chi connectivity index (χ2v) is 21.0. The number of hydrogen-bond donors (Lipinski definition) is 0. The molecule has 4 nitrogen and oxygen atoms in total. The van der Waals surface area contributed by atoms with E-state index in [9.17, 15) is 0 Å². The standard InChI is InChI=1S/C55H58BN3O/c1-52(2,3)38-22-20-36(21-23-38)35-16-18-37(19-17-35)50-57-49-51(60-50)59(43-31-26-40(27-32-43)54(7,8)9)47-15-13-14-46-48(47)56(49)44-34-41(55(10,11)12)28-33-45(44)58(46)42-29-24-39(25-30-42)53(4,5)6/h13-34H,1-12H3. The third-order valence-corrected chi connectivity index (χ3v) is 12.6. The molecule has 0 bridgehead atoms. The Balaban J connectivity index is 1.24. The summed E-state index contributed by atoms with van der Waals surface area (Å²) >= 11 is 0. The van der Waals surface area contributed by atoms with Crippen LogP contribution in [0.5, 0.6) is 0 Å². The van der Waals surface area contributed by atoms with Gasteiger partial charge in [-0.1, -0.05) is 162 Å². The molecule has 0 fully saturated rings. The second kappa shape index (κ2) is 13.9. The van der Waals surface area contributed by atoms with E-state index < -0.39 is 0 Å². The summed E-state index contributed by atoms with van der Waals surface area (Å²) < 4.78 is 7.08. The summed E-state index contributed by atoms with van der Waals surface area (Å²) in [6, 6.07) is 49.6. The highest BCUT2D eigenvalue weighted by Crippen LogP contribution is 2.46. The predicted molar refractivity (Wildman–Crippen MR) is 256 cm³/mol. The zero-order valence-corrected chi connectivity index (χ0v) is 37.5. The molecule has 2 aliphatic rings. The largest absolute Gasteiger partial charge is 0.420 e.